The second-order valence-electron chi connectivity index (χ2n) is 11.8. The molecule has 0 aliphatic heterocycles. The zero-order valence-corrected chi connectivity index (χ0v) is 27.3. The molecule has 0 radical (unpaired) electrons. The molecule has 0 spiro atoms. The van der Waals surface area contributed by atoms with Crippen molar-refractivity contribution in [2.75, 3.05) is 20.1 Å². The summed E-state index contributed by atoms with van der Waals surface area (Å²) >= 11 is 0. The van der Waals surface area contributed by atoms with E-state index >= 15 is 0 Å². The highest BCUT2D eigenvalue weighted by Gasteiger charge is 2.39. The van der Waals surface area contributed by atoms with Crippen LogP contribution in [0, 0.1) is 5.92 Å². The Hall–Kier alpha value is -4.66. The van der Waals surface area contributed by atoms with Crippen molar-refractivity contribution in [1.29, 1.82) is 0 Å². The Balaban J connectivity index is 2.33. The van der Waals surface area contributed by atoms with Crippen LogP contribution in [0.15, 0.2) is 60.7 Å². The number of aliphatic carboxylic acids is 1. The predicted molar refractivity (Wildman–Crippen MR) is 172 cm³/mol. The maximum atomic E-state index is 13.8. The first-order valence-electron chi connectivity index (χ1n) is 15.6. The number of unbranched alkanes of at least 4 members (excludes halogenated alkanes) is 1. The Morgan fingerprint density at radius 3 is 1.94 bits per heavy atom. The summed E-state index contributed by atoms with van der Waals surface area (Å²) in [5.74, 6) is -4.93. The van der Waals surface area contributed by atoms with Gasteiger partial charge in [0, 0.05) is 20.0 Å². The number of nitrogens with two attached hydrogens (primary N) is 1. The smallest absolute Gasteiger partial charge is 0.471 e. The fourth-order valence-electron chi connectivity index (χ4n) is 4.89. The van der Waals surface area contributed by atoms with Crippen LogP contribution < -0.4 is 27.0 Å². The van der Waals surface area contributed by atoms with E-state index in [4.69, 9.17) is 5.73 Å². The predicted octanol–water partition coefficient (Wildman–Crippen LogP) is 2.89. The third-order valence-electron chi connectivity index (χ3n) is 7.48. The Bertz CT molecular complexity index is 1350. The first kappa shape index (κ1) is 39.5. The van der Waals surface area contributed by atoms with E-state index < -0.39 is 66.6 Å². The molecule has 0 heterocycles. The SMILES string of the molecule is CC(C)C[C@@H](NC(=O)[C@@H](Cc1ccccc1)NC(=O)N(C)C(CNC(=O)C(F)(F)F)c1ccccc1)C(=O)N[C@H](CCCCN)C(=O)O. The molecule has 7 N–H and O–H groups in total. The Morgan fingerprint density at radius 2 is 1.40 bits per heavy atom. The minimum Gasteiger partial charge on any atom is -0.480 e. The van der Waals surface area contributed by atoms with Crippen LogP contribution in [-0.2, 0) is 25.6 Å². The third-order valence-corrected chi connectivity index (χ3v) is 7.48. The quantitative estimate of drug-likeness (QED) is 0.131. The van der Waals surface area contributed by atoms with Crippen molar-refractivity contribution in [2.24, 2.45) is 11.7 Å². The van der Waals surface area contributed by atoms with Gasteiger partial charge in [-0.1, -0.05) is 74.5 Å². The standard InChI is InChI=1S/C33H45F3N6O6/c1-21(2)18-25(28(43)39-24(30(45)46)16-10-11-17-37)40-29(44)26(19-22-12-6-4-7-13-22)41-32(48)42(3)27(23-14-8-5-9-15-23)20-38-31(47)33(34,35)36/h4-9,12-15,21,24-27H,10-11,16-20,37H2,1-3H3,(H,38,47)(H,39,43)(H,40,44)(H,41,48)(H,45,46)/t24-,25-,26-,27?/m1/s1. The Labute approximate surface area is 278 Å². The van der Waals surface area contributed by atoms with Crippen LogP contribution in [0.4, 0.5) is 18.0 Å². The summed E-state index contributed by atoms with van der Waals surface area (Å²) in [6, 6.07) is 11.3. The maximum Gasteiger partial charge on any atom is 0.471 e. The van der Waals surface area contributed by atoms with Crippen molar-refractivity contribution in [3.8, 4) is 0 Å². The molecule has 0 fully saturated rings. The monoisotopic (exact) mass is 678 g/mol. The number of carboxylic acids is 1. The van der Waals surface area contributed by atoms with Crippen molar-refractivity contribution in [3.63, 3.8) is 0 Å². The summed E-state index contributed by atoms with van der Waals surface area (Å²) in [5.41, 5.74) is 6.59. The van der Waals surface area contributed by atoms with E-state index in [1.165, 1.54) is 7.05 Å². The fraction of sp³-hybridized carbons (Fsp3) is 0.485. The van der Waals surface area contributed by atoms with Crippen molar-refractivity contribution in [1.82, 2.24) is 26.2 Å². The highest BCUT2D eigenvalue weighted by molar-refractivity contribution is 5.93. The van der Waals surface area contributed by atoms with Crippen molar-refractivity contribution in [3.05, 3.63) is 71.8 Å². The molecule has 12 nitrogen and oxygen atoms in total. The second kappa shape index (κ2) is 19.2. The number of carbonyl (C=O) groups is 5. The van der Waals surface area contributed by atoms with Crippen LogP contribution in [-0.4, -0.2) is 84.2 Å². The number of amides is 5. The van der Waals surface area contributed by atoms with E-state index in [0.717, 1.165) is 4.90 Å². The fourth-order valence-corrected chi connectivity index (χ4v) is 4.89. The number of carbonyl (C=O) groups excluding carboxylic acids is 4. The van der Waals surface area contributed by atoms with Crippen molar-refractivity contribution in [2.45, 2.75) is 76.3 Å². The first-order chi connectivity index (χ1) is 22.6. The molecule has 4 atom stereocenters. The van der Waals surface area contributed by atoms with Crippen LogP contribution in [0.2, 0.25) is 0 Å². The van der Waals surface area contributed by atoms with E-state index in [9.17, 15) is 42.3 Å². The molecule has 0 saturated carbocycles. The number of urea groups is 1. The number of alkyl halides is 3. The molecule has 0 saturated heterocycles. The second-order valence-corrected chi connectivity index (χ2v) is 11.8. The lowest BCUT2D eigenvalue weighted by molar-refractivity contribution is -0.173. The number of benzene rings is 2. The van der Waals surface area contributed by atoms with Crippen LogP contribution in [0.5, 0.6) is 0 Å². The summed E-state index contributed by atoms with van der Waals surface area (Å²) < 4.78 is 38.8. The van der Waals surface area contributed by atoms with Gasteiger partial charge in [-0.15, -0.1) is 0 Å². The van der Waals surface area contributed by atoms with E-state index in [1.807, 2.05) is 19.2 Å². The molecule has 0 aliphatic rings. The zero-order valence-electron chi connectivity index (χ0n) is 27.3. The zero-order chi connectivity index (χ0) is 35.9. The van der Waals surface area contributed by atoms with Crippen molar-refractivity contribution < 1.29 is 42.3 Å². The molecule has 2 aromatic rings. The Kier molecular flexibility index (Phi) is 15.8. The van der Waals surface area contributed by atoms with Crippen LogP contribution in [0.3, 0.4) is 0 Å². The molecule has 0 aromatic heterocycles. The average molecular weight is 679 g/mol. The minimum atomic E-state index is -5.13. The number of hydrogen-bond acceptors (Lipinski definition) is 6. The molecule has 1 unspecified atom stereocenters. The highest BCUT2D eigenvalue weighted by Crippen LogP contribution is 2.21. The van der Waals surface area contributed by atoms with Gasteiger partial charge >= 0.3 is 24.1 Å². The molecule has 48 heavy (non-hydrogen) atoms. The molecule has 15 heteroatoms. The number of rotatable bonds is 18. The lowest BCUT2D eigenvalue weighted by Gasteiger charge is -2.31. The maximum absolute atomic E-state index is 13.8. The molecule has 2 rings (SSSR count). The van der Waals surface area contributed by atoms with Gasteiger partial charge in [0.2, 0.25) is 11.8 Å². The van der Waals surface area contributed by atoms with Gasteiger partial charge in [0.1, 0.15) is 18.1 Å². The summed E-state index contributed by atoms with van der Waals surface area (Å²) in [6.07, 6.45) is -3.80. The lowest BCUT2D eigenvalue weighted by Crippen LogP contribution is -2.58. The van der Waals surface area contributed by atoms with Gasteiger partial charge in [-0.2, -0.15) is 13.2 Å². The van der Waals surface area contributed by atoms with Gasteiger partial charge in [0.25, 0.3) is 0 Å². The molecule has 264 valence electrons. The van der Waals surface area contributed by atoms with E-state index in [1.54, 1.807) is 60.7 Å². The van der Waals surface area contributed by atoms with E-state index in [0.29, 0.717) is 30.5 Å². The number of nitrogens with zero attached hydrogens (tertiary/aromatic N) is 1. The summed E-state index contributed by atoms with van der Waals surface area (Å²) in [7, 11) is 1.32. The number of likely N-dealkylation sites (N-methyl/N-ethyl adjacent to an activating group) is 1. The largest absolute Gasteiger partial charge is 0.480 e. The molecular formula is C33H45F3N6O6. The van der Waals surface area contributed by atoms with E-state index in [2.05, 4.69) is 16.0 Å². The van der Waals surface area contributed by atoms with Gasteiger partial charge in [0.05, 0.1) is 6.04 Å². The molecule has 2 aromatic carbocycles. The molecule has 5 amide bonds. The van der Waals surface area contributed by atoms with Gasteiger partial charge in [-0.25, -0.2) is 9.59 Å². The van der Waals surface area contributed by atoms with E-state index in [-0.39, 0.29) is 25.2 Å². The average Bonchev–Trinajstić information content (AvgIpc) is 3.03. The first-order valence-corrected chi connectivity index (χ1v) is 15.6. The van der Waals surface area contributed by atoms with Crippen LogP contribution >= 0.6 is 0 Å². The number of halogens is 3. The number of nitrogens with one attached hydrogen (secondary N) is 4. The normalized spacial score (nSPS) is 13.8. The molecule has 0 bridgehead atoms. The summed E-state index contributed by atoms with van der Waals surface area (Å²) in [5, 5.41) is 19.2. The van der Waals surface area contributed by atoms with Crippen LogP contribution in [0.1, 0.15) is 56.7 Å². The summed E-state index contributed by atoms with van der Waals surface area (Å²) in [4.78, 5) is 65.1. The van der Waals surface area contributed by atoms with Crippen molar-refractivity contribution >= 4 is 29.7 Å². The molecule has 0 aliphatic carbocycles. The van der Waals surface area contributed by atoms with Gasteiger partial charge in [-0.05, 0) is 49.3 Å². The Morgan fingerprint density at radius 1 is 0.833 bits per heavy atom. The molecular weight excluding hydrogens is 633 g/mol. The highest BCUT2D eigenvalue weighted by atomic mass is 19.4. The number of hydrogen-bond donors (Lipinski definition) is 6. The van der Waals surface area contributed by atoms with Gasteiger partial charge in [0.15, 0.2) is 0 Å². The summed E-state index contributed by atoms with van der Waals surface area (Å²) in [6.45, 7) is 3.43. The lowest BCUT2D eigenvalue weighted by atomic mass is 10.0. The topological polar surface area (TPSA) is 183 Å². The van der Waals surface area contributed by atoms with Gasteiger partial charge in [-0.3, -0.25) is 14.4 Å². The number of carboxylic acid groups (broad SMARTS) is 1. The third kappa shape index (κ3) is 13.2. The minimum absolute atomic E-state index is 0.0140. The van der Waals surface area contributed by atoms with Crippen LogP contribution in [0.25, 0.3) is 0 Å². The van der Waals surface area contributed by atoms with Gasteiger partial charge < -0.3 is 37.0 Å².